The van der Waals surface area contributed by atoms with Crippen LogP contribution in [0, 0.1) is 5.82 Å². The first-order chi connectivity index (χ1) is 13.3. The first-order valence-electron chi connectivity index (χ1n) is 8.85. The molecule has 6 nitrogen and oxygen atoms in total. The maximum atomic E-state index is 13.5. The summed E-state index contributed by atoms with van der Waals surface area (Å²) >= 11 is 6.00. The second-order valence-electron chi connectivity index (χ2n) is 8.29. The summed E-state index contributed by atoms with van der Waals surface area (Å²) in [6.45, 7) is 10.8. The number of nitrogens with one attached hydrogen (secondary N) is 2. The fourth-order valence-electron chi connectivity index (χ4n) is 2.16. The van der Waals surface area contributed by atoms with Gasteiger partial charge in [0.25, 0.3) is 0 Å². The van der Waals surface area contributed by atoms with Gasteiger partial charge in [-0.15, -0.1) is 4.72 Å². The van der Waals surface area contributed by atoms with Gasteiger partial charge in [-0.1, -0.05) is 29.0 Å². The molecule has 1 heterocycles. The highest BCUT2D eigenvalue weighted by molar-refractivity contribution is 7.90. The second kappa shape index (κ2) is 9.18. The van der Waals surface area contributed by atoms with Gasteiger partial charge >= 0.3 is 6.09 Å². The summed E-state index contributed by atoms with van der Waals surface area (Å²) in [6.07, 6.45) is 0.926. The summed E-state index contributed by atoms with van der Waals surface area (Å²) in [5.74, 6) is -0.467. The van der Waals surface area contributed by atoms with Crippen molar-refractivity contribution < 1.29 is 18.5 Å². The Morgan fingerprint density at radius 2 is 1.97 bits per heavy atom. The molecule has 29 heavy (non-hydrogen) atoms. The van der Waals surface area contributed by atoms with Crippen LogP contribution in [0.5, 0.6) is 0 Å². The van der Waals surface area contributed by atoms with Gasteiger partial charge in [0.2, 0.25) is 0 Å². The third-order valence-corrected chi connectivity index (χ3v) is 6.34. The molecule has 160 valence electrons. The summed E-state index contributed by atoms with van der Waals surface area (Å²) in [6, 6.07) is 3.42. The van der Waals surface area contributed by atoms with E-state index in [9.17, 15) is 13.7 Å². The first kappa shape index (κ1) is 23.9. The lowest BCUT2D eigenvalue weighted by Gasteiger charge is -2.28. The molecule has 0 bridgehead atoms. The highest BCUT2D eigenvalue weighted by Gasteiger charge is 2.32. The van der Waals surface area contributed by atoms with Crippen molar-refractivity contribution >= 4 is 45.5 Å². The van der Waals surface area contributed by atoms with E-state index in [4.69, 9.17) is 16.3 Å². The zero-order chi connectivity index (χ0) is 22.0. The van der Waals surface area contributed by atoms with E-state index in [-0.39, 0.29) is 5.02 Å². The predicted octanol–water partition coefficient (Wildman–Crippen LogP) is 5.42. The van der Waals surface area contributed by atoms with Crippen LogP contribution in [0.1, 0.15) is 58.0 Å². The first-order valence-corrected chi connectivity index (χ1v) is 11.2. The molecule has 1 aromatic carbocycles. The van der Waals surface area contributed by atoms with Gasteiger partial charge in [-0.2, -0.15) is 0 Å². The van der Waals surface area contributed by atoms with E-state index < -0.39 is 39.7 Å². The van der Waals surface area contributed by atoms with Crippen LogP contribution in [0.25, 0.3) is 0 Å². The predicted molar refractivity (Wildman–Crippen MR) is 116 cm³/mol. The number of benzene rings is 1. The summed E-state index contributed by atoms with van der Waals surface area (Å²) < 4.78 is 34.0. The van der Waals surface area contributed by atoms with Crippen molar-refractivity contribution in [2.24, 2.45) is 0 Å². The molecular weight excluding hydrogens is 437 g/mol. The summed E-state index contributed by atoms with van der Waals surface area (Å²) in [4.78, 5) is 16.8. The fraction of sp³-hybridized carbons (Fsp3) is 0.474. The Morgan fingerprint density at radius 3 is 2.52 bits per heavy atom. The van der Waals surface area contributed by atoms with Crippen molar-refractivity contribution in [2.45, 2.75) is 57.9 Å². The molecule has 0 aliphatic heterocycles. The molecule has 10 heteroatoms. The average molecular weight is 462 g/mol. The minimum Gasteiger partial charge on any atom is -0.598 e. The van der Waals surface area contributed by atoms with Crippen molar-refractivity contribution in [1.29, 1.82) is 0 Å². The fourth-order valence-corrected chi connectivity index (χ4v) is 4.21. The van der Waals surface area contributed by atoms with E-state index in [2.05, 4.69) is 15.0 Å². The summed E-state index contributed by atoms with van der Waals surface area (Å²) in [7, 11) is 0. The lowest BCUT2D eigenvalue weighted by molar-refractivity contribution is 0.0636. The van der Waals surface area contributed by atoms with E-state index in [1.165, 1.54) is 29.5 Å². The molecule has 0 radical (unpaired) electrons. The van der Waals surface area contributed by atoms with Crippen LogP contribution in [0.3, 0.4) is 0 Å². The van der Waals surface area contributed by atoms with Crippen molar-refractivity contribution in [3.05, 3.63) is 45.7 Å². The van der Waals surface area contributed by atoms with E-state index in [1.807, 2.05) is 20.8 Å². The molecule has 2 N–H and O–H groups in total. The number of nitrogens with zero attached hydrogens (tertiary/aromatic N) is 1. The Hall–Kier alpha value is -1.39. The van der Waals surface area contributed by atoms with Gasteiger partial charge in [-0.05, 0) is 59.2 Å². The third kappa shape index (κ3) is 7.11. The molecule has 2 rings (SSSR count). The zero-order valence-corrected chi connectivity index (χ0v) is 19.5. The smallest absolute Gasteiger partial charge is 0.413 e. The van der Waals surface area contributed by atoms with Crippen LogP contribution < -0.4 is 10.0 Å². The van der Waals surface area contributed by atoms with Gasteiger partial charge < -0.3 is 9.29 Å². The molecule has 0 spiro atoms. The second-order valence-corrected chi connectivity index (χ2v) is 11.8. The third-order valence-electron chi connectivity index (χ3n) is 3.47. The Balaban J connectivity index is 2.32. The van der Waals surface area contributed by atoms with Crippen molar-refractivity contribution in [3.63, 3.8) is 0 Å². The number of carbonyl (C=O) groups excluding carboxylic acids is 1. The highest BCUT2D eigenvalue weighted by Crippen LogP contribution is 2.35. The van der Waals surface area contributed by atoms with Gasteiger partial charge in [-0.25, -0.2) is 14.2 Å². The highest BCUT2D eigenvalue weighted by atomic mass is 35.5. The maximum Gasteiger partial charge on any atom is 0.413 e. The minimum atomic E-state index is -1.43. The van der Waals surface area contributed by atoms with Crippen LogP contribution in [0.15, 0.2) is 24.4 Å². The molecule has 0 saturated heterocycles. The van der Waals surface area contributed by atoms with Crippen LogP contribution in [0.4, 0.5) is 14.3 Å². The van der Waals surface area contributed by atoms with Gasteiger partial charge in [0, 0.05) is 22.6 Å². The summed E-state index contributed by atoms with van der Waals surface area (Å²) in [5, 5.41) is 3.10. The van der Waals surface area contributed by atoms with Gasteiger partial charge in [0.15, 0.2) is 5.13 Å². The molecule has 1 amide bonds. The number of amides is 1. The van der Waals surface area contributed by atoms with Crippen molar-refractivity contribution in [3.8, 4) is 0 Å². The van der Waals surface area contributed by atoms with Crippen LogP contribution in [-0.2, 0) is 16.1 Å². The molecule has 1 aromatic heterocycles. The van der Waals surface area contributed by atoms with Crippen LogP contribution >= 0.6 is 22.9 Å². The number of ether oxygens (including phenoxy) is 1. The lowest BCUT2D eigenvalue weighted by Crippen LogP contribution is -2.41. The Kier molecular flexibility index (Phi) is 7.56. The number of carbonyl (C=O) groups is 1. The van der Waals surface area contributed by atoms with E-state index in [1.54, 1.807) is 27.0 Å². The van der Waals surface area contributed by atoms with E-state index in [0.29, 0.717) is 15.6 Å². The quantitative estimate of drug-likeness (QED) is 0.580. The van der Waals surface area contributed by atoms with E-state index >= 15 is 0 Å². The average Bonchev–Trinajstić information content (AvgIpc) is 2.98. The number of anilines is 1. The molecule has 1 unspecified atom stereocenters. The number of halogens is 2. The topological polar surface area (TPSA) is 86.3 Å². The molecule has 2 atom stereocenters. The van der Waals surface area contributed by atoms with E-state index in [0.717, 1.165) is 0 Å². The monoisotopic (exact) mass is 461 g/mol. The molecule has 0 saturated carbocycles. The standard InChI is InChI=1S/C19H25ClFN3O3S2/c1-18(2,3)27-17(25)23-16-22-10-14(28-16)15(24-29(26)19(4,5)6)12-8-7-11(21)9-13(12)20/h7-10,15,24H,1-6H3,(H,22,23,25)/t15?,29-/m0/s1. The largest absolute Gasteiger partial charge is 0.598 e. The number of aromatic nitrogens is 1. The normalized spacial score (nSPS) is 14.4. The zero-order valence-electron chi connectivity index (χ0n) is 17.1. The van der Waals surface area contributed by atoms with Gasteiger partial charge in [-0.3, -0.25) is 5.32 Å². The maximum absolute atomic E-state index is 13.5. The van der Waals surface area contributed by atoms with Gasteiger partial charge in [0.05, 0.1) is 4.88 Å². The number of hydrogen-bond acceptors (Lipinski definition) is 6. The molecule has 0 aliphatic rings. The number of hydrogen-bond donors (Lipinski definition) is 2. The minimum absolute atomic E-state index is 0.198. The van der Waals surface area contributed by atoms with Crippen molar-refractivity contribution in [1.82, 2.24) is 9.71 Å². The van der Waals surface area contributed by atoms with Crippen molar-refractivity contribution in [2.75, 3.05) is 5.32 Å². The SMILES string of the molecule is CC(C)(C)OC(=O)Nc1ncc(C(N[S@@+]([O-])C(C)(C)C)c2ccc(F)cc2Cl)s1. The lowest BCUT2D eigenvalue weighted by atomic mass is 10.1. The van der Waals surface area contributed by atoms with Crippen LogP contribution in [-0.4, -0.2) is 26.0 Å². The molecule has 0 fully saturated rings. The van der Waals surface area contributed by atoms with Crippen LogP contribution in [0.2, 0.25) is 5.02 Å². The molecule has 2 aromatic rings. The number of rotatable bonds is 5. The van der Waals surface area contributed by atoms with Gasteiger partial charge in [0.1, 0.15) is 22.2 Å². The Bertz CT molecular complexity index is 865. The Morgan fingerprint density at radius 1 is 1.31 bits per heavy atom. The number of thiazole rings is 1. The molecular formula is C19H25ClFN3O3S2. The molecule has 0 aliphatic carbocycles. The summed E-state index contributed by atoms with van der Waals surface area (Å²) in [5.41, 5.74) is -0.0855. The Labute approximate surface area is 182 Å².